The molecule has 4 rings (SSSR count). The number of likely N-dealkylation sites (tertiary alicyclic amines) is 1. The number of aromatic nitrogens is 2. The molecule has 0 aliphatic carbocycles. The molecular formula is C27H32FN3O3S. The summed E-state index contributed by atoms with van der Waals surface area (Å²) in [5.41, 5.74) is 2.22. The predicted octanol–water partition coefficient (Wildman–Crippen LogP) is 5.31. The number of hydrogen-bond donors (Lipinski definition) is 1. The van der Waals surface area contributed by atoms with E-state index in [2.05, 4.69) is 20.9 Å². The highest BCUT2D eigenvalue weighted by Gasteiger charge is 2.30. The number of thioether (sulfide) groups is 1. The Morgan fingerprint density at radius 3 is 2.94 bits per heavy atom. The van der Waals surface area contributed by atoms with E-state index in [-0.39, 0.29) is 12.3 Å². The molecule has 0 saturated carbocycles. The zero-order valence-electron chi connectivity index (χ0n) is 20.0. The van der Waals surface area contributed by atoms with Crippen LogP contribution in [0.5, 0.6) is 5.75 Å². The van der Waals surface area contributed by atoms with Gasteiger partial charge in [0.25, 0.3) is 0 Å². The van der Waals surface area contributed by atoms with Gasteiger partial charge in [-0.2, -0.15) is 4.39 Å². The molecule has 0 radical (unpaired) electrons. The Morgan fingerprint density at radius 1 is 1.26 bits per heavy atom. The average Bonchev–Trinajstić information content (AvgIpc) is 2.85. The monoisotopic (exact) mass is 497 g/mol. The minimum atomic E-state index is -0.729. The number of methoxy groups -OCH3 is 1. The van der Waals surface area contributed by atoms with Crippen molar-refractivity contribution in [2.75, 3.05) is 32.5 Å². The summed E-state index contributed by atoms with van der Waals surface area (Å²) < 4.78 is 18.7. The highest BCUT2D eigenvalue weighted by Crippen LogP contribution is 2.32. The van der Waals surface area contributed by atoms with Crippen LogP contribution in [-0.2, 0) is 11.2 Å². The molecule has 2 atom stereocenters. The number of carboxylic acid groups (broad SMARTS) is 1. The van der Waals surface area contributed by atoms with Crippen LogP contribution in [0.15, 0.2) is 53.7 Å². The number of fused-ring (bicyclic) bond motifs is 1. The number of halogens is 1. The Kier molecular flexibility index (Phi) is 8.93. The van der Waals surface area contributed by atoms with Crippen LogP contribution in [0.1, 0.15) is 31.2 Å². The molecule has 0 bridgehead atoms. The number of aryl methyl sites for hydroxylation is 1. The third-order valence-corrected chi connectivity index (χ3v) is 7.73. The molecule has 186 valence electrons. The van der Waals surface area contributed by atoms with E-state index in [0.717, 1.165) is 67.7 Å². The van der Waals surface area contributed by atoms with Crippen LogP contribution >= 0.6 is 11.8 Å². The molecule has 3 heterocycles. The first-order valence-corrected chi connectivity index (χ1v) is 13.1. The van der Waals surface area contributed by atoms with Gasteiger partial charge in [-0.1, -0.05) is 6.07 Å². The molecule has 0 amide bonds. The van der Waals surface area contributed by atoms with Gasteiger partial charge < -0.3 is 14.7 Å². The third kappa shape index (κ3) is 7.15. The second-order valence-electron chi connectivity index (χ2n) is 9.10. The van der Waals surface area contributed by atoms with Crippen molar-refractivity contribution in [1.82, 2.24) is 14.9 Å². The van der Waals surface area contributed by atoms with Crippen LogP contribution in [0.2, 0.25) is 0 Å². The van der Waals surface area contributed by atoms with Crippen LogP contribution in [-0.4, -0.2) is 58.4 Å². The number of ether oxygens (including phenoxy) is 1. The van der Waals surface area contributed by atoms with E-state index in [9.17, 15) is 14.3 Å². The van der Waals surface area contributed by atoms with Crippen molar-refractivity contribution in [3.05, 3.63) is 60.2 Å². The second kappa shape index (κ2) is 12.3. The van der Waals surface area contributed by atoms with E-state index in [4.69, 9.17) is 4.74 Å². The molecule has 0 unspecified atom stereocenters. The maximum absolute atomic E-state index is 13.3. The normalized spacial score (nSPS) is 18.6. The summed E-state index contributed by atoms with van der Waals surface area (Å²) in [6.07, 6.45) is 6.03. The lowest BCUT2D eigenvalue weighted by molar-refractivity contribution is -0.139. The predicted molar refractivity (Wildman–Crippen MR) is 136 cm³/mol. The fraction of sp³-hybridized carbons (Fsp3) is 0.444. The summed E-state index contributed by atoms with van der Waals surface area (Å²) in [5, 5.41) is 11.3. The van der Waals surface area contributed by atoms with Crippen molar-refractivity contribution in [3.63, 3.8) is 0 Å². The maximum atomic E-state index is 13.3. The number of rotatable bonds is 11. The number of pyridine rings is 2. The van der Waals surface area contributed by atoms with Gasteiger partial charge in [0.15, 0.2) is 0 Å². The molecule has 35 heavy (non-hydrogen) atoms. The van der Waals surface area contributed by atoms with Crippen LogP contribution in [0.25, 0.3) is 10.9 Å². The van der Waals surface area contributed by atoms with Gasteiger partial charge in [-0.15, -0.1) is 11.8 Å². The lowest BCUT2D eigenvalue weighted by Crippen LogP contribution is -2.42. The lowest BCUT2D eigenvalue weighted by Gasteiger charge is -2.38. The van der Waals surface area contributed by atoms with Gasteiger partial charge in [0.2, 0.25) is 5.95 Å². The highest BCUT2D eigenvalue weighted by atomic mass is 32.2. The second-order valence-corrected chi connectivity index (χ2v) is 10.2. The fourth-order valence-corrected chi connectivity index (χ4v) is 5.91. The van der Waals surface area contributed by atoms with Crippen molar-refractivity contribution in [2.24, 2.45) is 11.8 Å². The first-order chi connectivity index (χ1) is 17.0. The van der Waals surface area contributed by atoms with Gasteiger partial charge in [-0.3, -0.25) is 9.78 Å². The summed E-state index contributed by atoms with van der Waals surface area (Å²) in [5.74, 6) is 0.991. The number of hydrogen-bond acceptors (Lipinski definition) is 6. The van der Waals surface area contributed by atoms with Crippen LogP contribution in [0.4, 0.5) is 4.39 Å². The molecule has 1 aromatic carbocycles. The zero-order valence-corrected chi connectivity index (χ0v) is 20.8. The average molecular weight is 498 g/mol. The van der Waals surface area contributed by atoms with Gasteiger partial charge in [0.1, 0.15) is 5.75 Å². The van der Waals surface area contributed by atoms with E-state index in [1.807, 2.05) is 30.5 Å². The Labute approximate surface area is 209 Å². The summed E-state index contributed by atoms with van der Waals surface area (Å²) in [6, 6.07) is 12.9. The van der Waals surface area contributed by atoms with E-state index in [1.54, 1.807) is 13.2 Å². The first kappa shape index (κ1) is 25.4. The number of benzene rings is 1. The van der Waals surface area contributed by atoms with Gasteiger partial charge in [-0.05, 0) is 86.0 Å². The molecule has 1 saturated heterocycles. The SMILES string of the molecule is COc1ccc2nccc(CCC[C@@H]3CCN(CCSc4cccc(F)n4)C[C@@H]3CC(=O)O)c2c1. The van der Waals surface area contributed by atoms with E-state index >= 15 is 0 Å². The summed E-state index contributed by atoms with van der Waals surface area (Å²) in [4.78, 5) is 22.3. The Morgan fingerprint density at radius 2 is 2.14 bits per heavy atom. The van der Waals surface area contributed by atoms with E-state index in [1.165, 1.54) is 23.4 Å². The van der Waals surface area contributed by atoms with Gasteiger partial charge >= 0.3 is 5.97 Å². The first-order valence-electron chi connectivity index (χ1n) is 12.1. The van der Waals surface area contributed by atoms with Crippen molar-refractivity contribution < 1.29 is 19.0 Å². The molecule has 3 aromatic rings. The molecule has 1 fully saturated rings. The smallest absolute Gasteiger partial charge is 0.303 e. The summed E-state index contributed by atoms with van der Waals surface area (Å²) in [7, 11) is 1.67. The molecule has 0 spiro atoms. The largest absolute Gasteiger partial charge is 0.497 e. The van der Waals surface area contributed by atoms with Crippen molar-refractivity contribution in [2.45, 2.75) is 37.1 Å². The van der Waals surface area contributed by atoms with Crippen LogP contribution in [0, 0.1) is 17.8 Å². The van der Waals surface area contributed by atoms with Crippen LogP contribution in [0.3, 0.4) is 0 Å². The van der Waals surface area contributed by atoms with Crippen molar-refractivity contribution in [3.8, 4) is 5.75 Å². The number of carbonyl (C=O) groups is 1. The Hall–Kier alpha value is -2.71. The van der Waals surface area contributed by atoms with E-state index < -0.39 is 11.9 Å². The number of carboxylic acids is 1. The van der Waals surface area contributed by atoms with Gasteiger partial charge in [0, 0.05) is 36.8 Å². The fourth-order valence-electron chi connectivity index (χ4n) is 5.03. The molecule has 2 aromatic heterocycles. The van der Waals surface area contributed by atoms with Gasteiger partial charge in [0.05, 0.1) is 17.7 Å². The quantitative estimate of drug-likeness (QED) is 0.284. The molecule has 6 nitrogen and oxygen atoms in total. The molecule has 1 N–H and O–H groups in total. The minimum Gasteiger partial charge on any atom is -0.497 e. The lowest BCUT2D eigenvalue weighted by atomic mass is 9.80. The highest BCUT2D eigenvalue weighted by molar-refractivity contribution is 7.99. The Balaban J connectivity index is 1.30. The standard InChI is InChI=1S/C27H32FN3O3S/c1-34-22-8-9-24-23(17-22)20(10-12-29-24)5-2-4-19-11-13-31(18-21(19)16-27(32)33)14-15-35-26-7-3-6-25(28)30-26/h3,6-10,12,17,19,21H,2,4-5,11,13-16,18H2,1H3,(H,32,33)/t19-,21+/m1/s1. The van der Waals surface area contributed by atoms with Gasteiger partial charge in [-0.25, -0.2) is 4.98 Å². The van der Waals surface area contributed by atoms with Crippen LogP contribution < -0.4 is 4.74 Å². The van der Waals surface area contributed by atoms with Crippen molar-refractivity contribution in [1.29, 1.82) is 0 Å². The molecular weight excluding hydrogens is 465 g/mol. The minimum absolute atomic E-state index is 0.146. The summed E-state index contributed by atoms with van der Waals surface area (Å²) >= 11 is 1.54. The zero-order chi connectivity index (χ0) is 24.6. The molecule has 1 aliphatic rings. The third-order valence-electron chi connectivity index (χ3n) is 6.82. The maximum Gasteiger partial charge on any atom is 0.303 e. The number of piperidine rings is 1. The number of nitrogens with zero attached hydrogens (tertiary/aromatic N) is 3. The molecule has 8 heteroatoms. The molecule has 1 aliphatic heterocycles. The Bertz CT molecular complexity index is 1150. The van der Waals surface area contributed by atoms with Crippen molar-refractivity contribution >= 4 is 28.6 Å². The number of aliphatic carboxylic acids is 1. The topological polar surface area (TPSA) is 75.5 Å². The van der Waals surface area contributed by atoms with E-state index in [0.29, 0.717) is 10.9 Å². The summed E-state index contributed by atoms with van der Waals surface area (Å²) in [6.45, 7) is 2.60.